The molecule has 0 unspecified atom stereocenters. The molecule has 4 nitrogen and oxygen atoms in total. The topological polar surface area (TPSA) is 41.6 Å². The number of carbonyl (C=O) groups excluding carboxylic acids is 1. The van der Waals surface area contributed by atoms with E-state index in [9.17, 15) is 4.79 Å². The van der Waals surface area contributed by atoms with Crippen molar-refractivity contribution >= 4 is 27.7 Å². The molecule has 1 fully saturated rings. The van der Waals surface area contributed by atoms with Gasteiger partial charge in [0.2, 0.25) is 0 Å². The summed E-state index contributed by atoms with van der Waals surface area (Å²) in [6, 6.07) is 8.24. The fraction of sp³-hybridized carbons (Fsp3) is 0.562. The van der Waals surface area contributed by atoms with Gasteiger partial charge in [0.1, 0.15) is 5.60 Å². The predicted octanol–water partition coefficient (Wildman–Crippen LogP) is 4.26. The number of hydrogen-bond donors (Lipinski definition) is 1. The molecule has 0 saturated carbocycles. The predicted molar refractivity (Wildman–Crippen MR) is 88.6 cm³/mol. The Morgan fingerprint density at radius 3 is 2.90 bits per heavy atom. The number of likely N-dealkylation sites (tertiary alicyclic amines) is 1. The third-order valence-corrected chi connectivity index (χ3v) is 3.86. The van der Waals surface area contributed by atoms with E-state index < -0.39 is 5.60 Å². The Labute approximate surface area is 135 Å². The molecule has 0 spiro atoms. The SMILES string of the molecule is CC(C)(C)OC(=O)N1CCC[C@H]1CNc1cccc(Br)c1. The highest BCUT2D eigenvalue weighted by molar-refractivity contribution is 9.10. The number of carbonyl (C=O) groups is 1. The van der Waals surface area contributed by atoms with Crippen LogP contribution in [0, 0.1) is 0 Å². The van der Waals surface area contributed by atoms with Crippen molar-refractivity contribution in [1.82, 2.24) is 4.90 Å². The number of nitrogens with zero attached hydrogens (tertiary/aromatic N) is 1. The van der Waals surface area contributed by atoms with Crippen molar-refractivity contribution in [2.24, 2.45) is 0 Å². The van der Waals surface area contributed by atoms with Crippen LogP contribution >= 0.6 is 15.9 Å². The van der Waals surface area contributed by atoms with Crippen LogP contribution in [0.15, 0.2) is 28.7 Å². The molecule has 116 valence electrons. The molecule has 0 bridgehead atoms. The minimum atomic E-state index is -0.443. The van der Waals surface area contributed by atoms with Gasteiger partial charge in [-0.1, -0.05) is 22.0 Å². The fourth-order valence-corrected chi connectivity index (χ4v) is 2.84. The summed E-state index contributed by atoms with van der Waals surface area (Å²) in [7, 11) is 0. The van der Waals surface area contributed by atoms with Gasteiger partial charge in [-0.15, -0.1) is 0 Å². The van der Waals surface area contributed by atoms with E-state index >= 15 is 0 Å². The van der Waals surface area contributed by atoms with E-state index in [1.165, 1.54) is 0 Å². The molecule has 1 atom stereocenters. The lowest BCUT2D eigenvalue weighted by atomic mass is 10.2. The first-order valence-corrected chi connectivity index (χ1v) is 8.13. The fourth-order valence-electron chi connectivity index (χ4n) is 2.44. The van der Waals surface area contributed by atoms with Gasteiger partial charge in [-0.3, -0.25) is 0 Å². The summed E-state index contributed by atoms with van der Waals surface area (Å²) in [6.45, 7) is 7.22. The molecule has 1 N–H and O–H groups in total. The number of benzene rings is 1. The van der Waals surface area contributed by atoms with Gasteiger partial charge < -0.3 is 15.0 Å². The first kappa shape index (κ1) is 16.1. The number of ether oxygens (including phenoxy) is 1. The quantitative estimate of drug-likeness (QED) is 0.881. The maximum atomic E-state index is 12.2. The van der Waals surface area contributed by atoms with Crippen molar-refractivity contribution in [2.45, 2.75) is 45.3 Å². The molecule has 1 aliphatic heterocycles. The highest BCUT2D eigenvalue weighted by atomic mass is 79.9. The van der Waals surface area contributed by atoms with Crippen LogP contribution in [0.25, 0.3) is 0 Å². The molecule has 0 aliphatic carbocycles. The molecule has 0 radical (unpaired) electrons. The molecule has 0 aromatic heterocycles. The lowest BCUT2D eigenvalue weighted by Gasteiger charge is -2.29. The second-order valence-corrected chi connectivity index (χ2v) is 7.28. The van der Waals surface area contributed by atoms with Crippen LogP contribution < -0.4 is 5.32 Å². The molecule has 5 heteroatoms. The van der Waals surface area contributed by atoms with Crippen molar-refractivity contribution in [1.29, 1.82) is 0 Å². The van der Waals surface area contributed by atoms with Gasteiger partial charge in [0.15, 0.2) is 0 Å². The number of nitrogens with one attached hydrogen (secondary N) is 1. The van der Waals surface area contributed by atoms with Crippen LogP contribution in [0.2, 0.25) is 0 Å². The van der Waals surface area contributed by atoms with Crippen LogP contribution in [0.1, 0.15) is 33.6 Å². The molecule has 1 aromatic carbocycles. The van der Waals surface area contributed by atoms with E-state index in [1.54, 1.807) is 0 Å². The molecular weight excluding hydrogens is 332 g/mol. The monoisotopic (exact) mass is 354 g/mol. The van der Waals surface area contributed by atoms with E-state index in [-0.39, 0.29) is 12.1 Å². The van der Waals surface area contributed by atoms with Crippen LogP contribution in [0.3, 0.4) is 0 Å². The average Bonchev–Trinajstić information content (AvgIpc) is 2.83. The molecule has 1 aromatic rings. The van der Waals surface area contributed by atoms with Crippen LogP contribution in [0.4, 0.5) is 10.5 Å². The number of rotatable bonds is 3. The Hall–Kier alpha value is -1.23. The van der Waals surface area contributed by atoms with Crippen molar-refractivity contribution in [3.63, 3.8) is 0 Å². The van der Waals surface area contributed by atoms with Gasteiger partial charge in [-0.2, -0.15) is 0 Å². The normalized spacial score (nSPS) is 18.7. The third kappa shape index (κ3) is 4.92. The van der Waals surface area contributed by atoms with Crippen molar-refractivity contribution in [2.75, 3.05) is 18.4 Å². The summed E-state index contributed by atoms with van der Waals surface area (Å²) in [6.07, 6.45) is 1.84. The largest absolute Gasteiger partial charge is 0.444 e. The van der Waals surface area contributed by atoms with E-state index in [4.69, 9.17) is 4.74 Å². The van der Waals surface area contributed by atoms with Crippen LogP contribution in [0.5, 0.6) is 0 Å². The summed E-state index contributed by atoms with van der Waals surface area (Å²) in [5.41, 5.74) is 0.613. The number of halogens is 1. The van der Waals surface area contributed by atoms with E-state index in [1.807, 2.05) is 49.9 Å². The zero-order chi connectivity index (χ0) is 15.5. The third-order valence-electron chi connectivity index (χ3n) is 3.37. The zero-order valence-corrected chi connectivity index (χ0v) is 14.4. The summed E-state index contributed by atoms with van der Waals surface area (Å²) >= 11 is 3.46. The van der Waals surface area contributed by atoms with E-state index in [0.29, 0.717) is 0 Å². The summed E-state index contributed by atoms with van der Waals surface area (Å²) < 4.78 is 6.52. The lowest BCUT2D eigenvalue weighted by molar-refractivity contribution is 0.0235. The first-order chi connectivity index (χ1) is 9.85. The van der Waals surface area contributed by atoms with Crippen molar-refractivity contribution in [3.8, 4) is 0 Å². The Kier molecular flexibility index (Phi) is 5.14. The molecular formula is C16H23BrN2O2. The molecule has 1 heterocycles. The minimum Gasteiger partial charge on any atom is -0.444 e. The van der Waals surface area contributed by atoms with Gasteiger partial charge in [0.05, 0.1) is 6.04 Å². The molecule has 21 heavy (non-hydrogen) atoms. The molecule has 1 aliphatic rings. The van der Waals surface area contributed by atoms with Gasteiger partial charge in [-0.05, 0) is 51.8 Å². The van der Waals surface area contributed by atoms with Gasteiger partial charge in [-0.25, -0.2) is 4.79 Å². The Morgan fingerprint density at radius 1 is 1.48 bits per heavy atom. The van der Waals surface area contributed by atoms with Crippen LogP contribution in [-0.4, -0.2) is 35.7 Å². The summed E-state index contributed by atoms with van der Waals surface area (Å²) in [5.74, 6) is 0. The van der Waals surface area contributed by atoms with Gasteiger partial charge in [0.25, 0.3) is 0 Å². The molecule has 1 amide bonds. The standard InChI is InChI=1S/C16H23BrN2O2/c1-16(2,3)21-15(20)19-9-5-8-14(19)11-18-13-7-4-6-12(17)10-13/h4,6-7,10,14,18H,5,8-9,11H2,1-3H3/t14-/m0/s1. The van der Waals surface area contributed by atoms with Crippen molar-refractivity contribution in [3.05, 3.63) is 28.7 Å². The second kappa shape index (κ2) is 6.69. The zero-order valence-electron chi connectivity index (χ0n) is 12.9. The molecule has 2 rings (SSSR count). The van der Waals surface area contributed by atoms with Gasteiger partial charge >= 0.3 is 6.09 Å². The minimum absolute atomic E-state index is 0.193. The Balaban J connectivity index is 1.91. The number of amides is 1. The average molecular weight is 355 g/mol. The smallest absolute Gasteiger partial charge is 0.410 e. The highest BCUT2D eigenvalue weighted by Crippen LogP contribution is 2.22. The van der Waals surface area contributed by atoms with Crippen molar-refractivity contribution < 1.29 is 9.53 Å². The number of hydrogen-bond acceptors (Lipinski definition) is 3. The summed E-state index contributed by atoms with van der Waals surface area (Å²) in [5, 5.41) is 3.40. The first-order valence-electron chi connectivity index (χ1n) is 7.34. The van der Waals surface area contributed by atoms with E-state index in [0.717, 1.165) is 36.1 Å². The Bertz CT molecular complexity index is 499. The van der Waals surface area contributed by atoms with Gasteiger partial charge in [0, 0.05) is 23.2 Å². The van der Waals surface area contributed by atoms with E-state index in [2.05, 4.69) is 21.2 Å². The molecule has 1 saturated heterocycles. The lowest BCUT2D eigenvalue weighted by Crippen LogP contribution is -2.42. The maximum Gasteiger partial charge on any atom is 0.410 e. The maximum absolute atomic E-state index is 12.2. The highest BCUT2D eigenvalue weighted by Gasteiger charge is 2.31. The summed E-state index contributed by atoms with van der Waals surface area (Å²) in [4.78, 5) is 14.0. The Morgan fingerprint density at radius 2 is 2.24 bits per heavy atom. The second-order valence-electron chi connectivity index (χ2n) is 6.36. The van der Waals surface area contributed by atoms with Crippen LogP contribution in [-0.2, 0) is 4.74 Å². The number of anilines is 1.